The van der Waals surface area contributed by atoms with Crippen LogP contribution < -0.4 is 10.6 Å². The molecule has 178 valence electrons. The highest BCUT2D eigenvalue weighted by atomic mass is 35.5. The number of methoxy groups -OCH3 is 1. The third-order valence-electron chi connectivity index (χ3n) is 6.34. The number of benzene rings is 1. The molecule has 2 aliphatic heterocycles. The van der Waals surface area contributed by atoms with Crippen LogP contribution in [0.15, 0.2) is 24.4 Å². The monoisotopic (exact) mass is 493 g/mol. The topological polar surface area (TPSA) is 88.6 Å². The molecular weight excluding hydrogens is 465 g/mol. The van der Waals surface area contributed by atoms with Gasteiger partial charge in [0, 0.05) is 50.1 Å². The molecule has 8 nitrogen and oxygen atoms in total. The van der Waals surface area contributed by atoms with Gasteiger partial charge in [0.15, 0.2) is 5.69 Å². The maximum absolute atomic E-state index is 13.2. The van der Waals surface area contributed by atoms with Crippen molar-refractivity contribution in [2.45, 2.75) is 44.4 Å². The molecule has 0 bridgehead atoms. The van der Waals surface area contributed by atoms with E-state index in [1.165, 1.54) is 0 Å². The highest BCUT2D eigenvalue weighted by Gasteiger charge is 2.31. The van der Waals surface area contributed by atoms with Crippen molar-refractivity contribution in [3.63, 3.8) is 0 Å². The van der Waals surface area contributed by atoms with Crippen LogP contribution in [-0.4, -0.2) is 72.6 Å². The van der Waals surface area contributed by atoms with Crippen LogP contribution in [0.3, 0.4) is 0 Å². The quantitative estimate of drug-likeness (QED) is 0.631. The van der Waals surface area contributed by atoms with Crippen molar-refractivity contribution >= 4 is 40.5 Å². The minimum Gasteiger partial charge on any atom is -0.379 e. The van der Waals surface area contributed by atoms with E-state index in [0.717, 1.165) is 37.1 Å². The van der Waals surface area contributed by atoms with Crippen LogP contribution >= 0.6 is 23.2 Å². The zero-order chi connectivity index (χ0) is 23.4. The van der Waals surface area contributed by atoms with Gasteiger partial charge in [-0.15, -0.1) is 5.10 Å². The molecule has 1 amide bonds. The molecule has 2 aliphatic rings. The lowest BCUT2D eigenvalue weighted by Crippen LogP contribution is -2.54. The predicted molar refractivity (Wildman–Crippen MR) is 129 cm³/mol. The third-order valence-corrected chi connectivity index (χ3v) is 7.08. The number of amides is 1. The van der Waals surface area contributed by atoms with Crippen LogP contribution in [0, 0.1) is 6.92 Å². The Morgan fingerprint density at radius 3 is 2.73 bits per heavy atom. The van der Waals surface area contributed by atoms with Gasteiger partial charge in [-0.1, -0.05) is 23.2 Å². The molecule has 0 unspecified atom stereocenters. The van der Waals surface area contributed by atoms with Crippen LogP contribution in [-0.2, 0) is 9.47 Å². The summed E-state index contributed by atoms with van der Waals surface area (Å²) in [5, 5.41) is 16.1. The molecule has 2 atom stereocenters. The van der Waals surface area contributed by atoms with Gasteiger partial charge >= 0.3 is 0 Å². The Hall–Kier alpha value is -1.97. The average molecular weight is 494 g/mol. The summed E-state index contributed by atoms with van der Waals surface area (Å²) in [6, 6.07) is 5.91. The lowest BCUT2D eigenvalue weighted by Gasteiger charge is -2.38. The van der Waals surface area contributed by atoms with Crippen LogP contribution in [0.1, 0.15) is 35.3 Å². The van der Waals surface area contributed by atoms with E-state index < -0.39 is 0 Å². The van der Waals surface area contributed by atoms with Crippen molar-refractivity contribution in [2.24, 2.45) is 0 Å². The number of aromatic nitrogens is 2. The minimum absolute atomic E-state index is 0.0714. The molecule has 0 aliphatic carbocycles. The summed E-state index contributed by atoms with van der Waals surface area (Å²) in [6.45, 7) is 4.58. The number of anilines is 2. The molecule has 3 heterocycles. The molecule has 4 rings (SSSR count). The highest BCUT2D eigenvalue weighted by molar-refractivity contribution is 6.42. The van der Waals surface area contributed by atoms with E-state index >= 15 is 0 Å². The van der Waals surface area contributed by atoms with Crippen LogP contribution in [0.2, 0.25) is 10.0 Å². The number of nitrogens with one attached hydrogen (secondary N) is 2. The van der Waals surface area contributed by atoms with Crippen molar-refractivity contribution in [1.82, 2.24) is 20.4 Å². The Balaban J connectivity index is 1.37. The van der Waals surface area contributed by atoms with Crippen molar-refractivity contribution in [1.29, 1.82) is 0 Å². The fraction of sp³-hybridized carbons (Fsp3) is 0.522. The second-order valence-corrected chi connectivity index (χ2v) is 9.28. The molecule has 2 saturated heterocycles. The zero-order valence-electron chi connectivity index (χ0n) is 18.8. The third kappa shape index (κ3) is 5.75. The molecular formula is C23H29Cl2N5O3. The van der Waals surface area contributed by atoms with Crippen molar-refractivity contribution < 1.29 is 14.3 Å². The summed E-state index contributed by atoms with van der Waals surface area (Å²) in [7, 11) is 1.73. The number of rotatable bonds is 6. The van der Waals surface area contributed by atoms with Crippen molar-refractivity contribution in [3.8, 4) is 0 Å². The van der Waals surface area contributed by atoms with E-state index in [1.54, 1.807) is 25.4 Å². The first-order valence-electron chi connectivity index (χ1n) is 11.2. The van der Waals surface area contributed by atoms with E-state index in [0.29, 0.717) is 47.2 Å². The van der Waals surface area contributed by atoms with E-state index in [-0.39, 0.29) is 18.1 Å². The number of ether oxygens (including phenoxy) is 2. The smallest absolute Gasteiger partial charge is 0.274 e. The van der Waals surface area contributed by atoms with Gasteiger partial charge in [-0.05, 0) is 44.4 Å². The number of hydrogen-bond acceptors (Lipinski definition) is 7. The SMILES string of the molecule is CO[C@@H]1COCC[C@@H]1NC1CCN(C(=O)c2nncc(Nc3ccc(Cl)c(Cl)c3)c2C)CC1. The number of hydrogen-bond donors (Lipinski definition) is 2. The summed E-state index contributed by atoms with van der Waals surface area (Å²) in [6.07, 6.45) is 4.37. The number of piperidine rings is 1. The first-order valence-corrected chi connectivity index (χ1v) is 11.9. The molecule has 1 aromatic heterocycles. The maximum Gasteiger partial charge on any atom is 0.274 e. The first kappa shape index (κ1) is 24.2. The summed E-state index contributed by atoms with van der Waals surface area (Å²) in [5.41, 5.74) is 2.56. The summed E-state index contributed by atoms with van der Waals surface area (Å²) >= 11 is 12.1. The van der Waals surface area contributed by atoms with E-state index in [9.17, 15) is 4.79 Å². The zero-order valence-corrected chi connectivity index (χ0v) is 20.3. The Labute approximate surface area is 203 Å². The van der Waals surface area contributed by atoms with Crippen LogP contribution in [0.4, 0.5) is 11.4 Å². The van der Waals surface area contributed by atoms with E-state index in [1.807, 2.05) is 17.9 Å². The molecule has 10 heteroatoms. The van der Waals surface area contributed by atoms with E-state index in [4.69, 9.17) is 32.7 Å². The molecule has 0 radical (unpaired) electrons. The van der Waals surface area contributed by atoms with Gasteiger partial charge in [-0.3, -0.25) is 4.79 Å². The second-order valence-electron chi connectivity index (χ2n) is 8.46. The van der Waals surface area contributed by atoms with E-state index in [2.05, 4.69) is 20.8 Å². The fourth-order valence-electron chi connectivity index (χ4n) is 4.34. The minimum atomic E-state index is -0.0999. The van der Waals surface area contributed by atoms with Gasteiger partial charge in [0.25, 0.3) is 5.91 Å². The standard InChI is InChI=1S/C23H29Cl2N5O3/c1-14-20(28-16-3-4-17(24)18(25)11-16)12-26-29-22(14)23(31)30-8-5-15(6-9-30)27-19-7-10-33-13-21(19)32-2/h3-4,11-12,15,19,21,27H,5-10,13H2,1-2H3,(H,28,29)/t19-,21+/m0/s1. The number of likely N-dealkylation sites (tertiary alicyclic amines) is 1. The average Bonchev–Trinajstić information content (AvgIpc) is 2.83. The molecule has 2 aromatic rings. The van der Waals surface area contributed by atoms with Crippen LogP contribution in [0.25, 0.3) is 0 Å². The number of halogens is 2. The first-order chi connectivity index (χ1) is 16.0. The van der Waals surface area contributed by atoms with Gasteiger partial charge in [0.1, 0.15) is 0 Å². The lowest BCUT2D eigenvalue weighted by atomic mass is 9.99. The van der Waals surface area contributed by atoms with Gasteiger partial charge in [-0.2, -0.15) is 5.10 Å². The highest BCUT2D eigenvalue weighted by Crippen LogP contribution is 2.28. The summed E-state index contributed by atoms with van der Waals surface area (Å²) < 4.78 is 11.1. The Morgan fingerprint density at radius 1 is 1.21 bits per heavy atom. The molecule has 33 heavy (non-hydrogen) atoms. The van der Waals surface area contributed by atoms with Crippen LogP contribution in [0.5, 0.6) is 0 Å². The predicted octanol–water partition coefficient (Wildman–Crippen LogP) is 3.83. The van der Waals surface area contributed by atoms with Gasteiger partial charge in [-0.25, -0.2) is 0 Å². The molecule has 2 fully saturated rings. The largest absolute Gasteiger partial charge is 0.379 e. The van der Waals surface area contributed by atoms with Gasteiger partial charge in [0.05, 0.1) is 34.6 Å². The molecule has 0 spiro atoms. The van der Waals surface area contributed by atoms with Crippen molar-refractivity contribution in [2.75, 3.05) is 38.7 Å². The fourth-order valence-corrected chi connectivity index (χ4v) is 4.64. The summed E-state index contributed by atoms with van der Waals surface area (Å²) in [4.78, 5) is 15.1. The maximum atomic E-state index is 13.2. The molecule has 1 aromatic carbocycles. The molecule has 2 N–H and O–H groups in total. The summed E-state index contributed by atoms with van der Waals surface area (Å²) in [5.74, 6) is -0.0999. The number of carbonyl (C=O) groups excluding carboxylic acids is 1. The van der Waals surface area contributed by atoms with Gasteiger partial charge in [0.2, 0.25) is 0 Å². The molecule has 0 saturated carbocycles. The normalized spacial score (nSPS) is 21.8. The Morgan fingerprint density at radius 2 is 2.00 bits per heavy atom. The van der Waals surface area contributed by atoms with Gasteiger partial charge < -0.3 is 25.0 Å². The van der Waals surface area contributed by atoms with Crippen molar-refractivity contribution in [3.05, 3.63) is 45.7 Å². The Kier molecular flexibility index (Phi) is 8.03. The Bertz CT molecular complexity index is 985. The lowest BCUT2D eigenvalue weighted by molar-refractivity contribution is -0.0533. The second kappa shape index (κ2) is 11.0. The number of carbonyl (C=O) groups is 1. The number of nitrogens with zero attached hydrogens (tertiary/aromatic N) is 3.